The van der Waals surface area contributed by atoms with Crippen LogP contribution >= 0.6 is 23.2 Å². The molecule has 1 amide bonds. The number of amides is 1. The molecule has 0 unspecified atom stereocenters. The van der Waals surface area contributed by atoms with E-state index in [2.05, 4.69) is 15.3 Å². The molecule has 0 spiro atoms. The van der Waals surface area contributed by atoms with Gasteiger partial charge in [0.1, 0.15) is 5.65 Å². The van der Waals surface area contributed by atoms with Crippen LogP contribution in [0.2, 0.25) is 10.0 Å². The highest BCUT2D eigenvalue weighted by molar-refractivity contribution is 6.31. The van der Waals surface area contributed by atoms with Gasteiger partial charge in [-0.05, 0) is 55.2 Å². The Morgan fingerprint density at radius 1 is 1.17 bits per heavy atom. The van der Waals surface area contributed by atoms with E-state index in [1.165, 1.54) is 0 Å². The molecule has 3 N–H and O–H groups in total. The molecule has 0 saturated carbocycles. The van der Waals surface area contributed by atoms with Crippen LogP contribution in [0, 0.1) is 5.41 Å². The van der Waals surface area contributed by atoms with Crippen LogP contribution in [0.1, 0.15) is 31.4 Å². The minimum absolute atomic E-state index is 0.0835. The van der Waals surface area contributed by atoms with Crippen LogP contribution in [-0.4, -0.2) is 21.6 Å². The number of benzene rings is 1. The highest BCUT2D eigenvalue weighted by Crippen LogP contribution is 2.23. The summed E-state index contributed by atoms with van der Waals surface area (Å²) in [5, 5.41) is 13.2. The second-order valence-electron chi connectivity index (χ2n) is 6.94. The molecule has 2 heterocycles. The number of aryl methyl sites for hydroxylation is 1. The fraction of sp³-hybridized carbons (Fsp3) is 0.227. The summed E-state index contributed by atoms with van der Waals surface area (Å²) < 4.78 is 0. The molecule has 3 rings (SSSR count). The SMILES string of the molecule is CC(=N)/C(Cc1c[nH]c2ncc(Cl)cc12)=C(/C)NC(=O)CCc1ccc(Cl)cc1. The number of H-pyrrole nitrogens is 1. The molecule has 0 aliphatic rings. The van der Waals surface area contributed by atoms with E-state index in [0.717, 1.165) is 27.7 Å². The number of carbonyl (C=O) groups is 1. The summed E-state index contributed by atoms with van der Waals surface area (Å²) >= 11 is 12.0. The van der Waals surface area contributed by atoms with E-state index < -0.39 is 0 Å². The van der Waals surface area contributed by atoms with Gasteiger partial charge in [0.05, 0.1) is 5.02 Å². The molecule has 5 nitrogen and oxygen atoms in total. The zero-order valence-corrected chi connectivity index (χ0v) is 17.8. The van der Waals surface area contributed by atoms with Crippen LogP contribution in [0.25, 0.3) is 11.0 Å². The number of fused-ring (bicyclic) bond motifs is 1. The minimum atomic E-state index is -0.0835. The molecule has 7 heteroatoms. The molecule has 150 valence electrons. The van der Waals surface area contributed by atoms with Crippen molar-refractivity contribution in [3.05, 3.63) is 75.2 Å². The molecule has 0 aliphatic heterocycles. The molecule has 0 radical (unpaired) electrons. The van der Waals surface area contributed by atoms with Gasteiger partial charge >= 0.3 is 0 Å². The number of nitrogens with zero attached hydrogens (tertiary/aromatic N) is 1. The number of aromatic nitrogens is 2. The minimum Gasteiger partial charge on any atom is -0.346 e. The third-order valence-electron chi connectivity index (χ3n) is 4.74. The molecule has 3 aromatic rings. The van der Waals surface area contributed by atoms with Crippen molar-refractivity contribution in [1.82, 2.24) is 15.3 Å². The Kier molecular flexibility index (Phi) is 6.72. The average molecular weight is 429 g/mol. The van der Waals surface area contributed by atoms with Gasteiger partial charge in [-0.25, -0.2) is 4.98 Å². The van der Waals surface area contributed by atoms with Crippen LogP contribution in [0.4, 0.5) is 0 Å². The van der Waals surface area contributed by atoms with Crippen LogP contribution < -0.4 is 5.32 Å². The summed E-state index contributed by atoms with van der Waals surface area (Å²) in [5.74, 6) is -0.0835. The Labute approximate surface area is 179 Å². The second kappa shape index (κ2) is 9.25. The molecule has 29 heavy (non-hydrogen) atoms. The Balaban J connectivity index is 1.72. The van der Waals surface area contributed by atoms with Gasteiger partial charge in [-0.2, -0.15) is 0 Å². The maximum Gasteiger partial charge on any atom is 0.224 e. The van der Waals surface area contributed by atoms with E-state index in [4.69, 9.17) is 28.6 Å². The summed E-state index contributed by atoms with van der Waals surface area (Å²) in [6, 6.07) is 9.33. The molecule has 0 saturated heterocycles. The normalized spacial score (nSPS) is 12.0. The summed E-state index contributed by atoms with van der Waals surface area (Å²) in [7, 11) is 0. The van der Waals surface area contributed by atoms with Crippen molar-refractivity contribution < 1.29 is 4.79 Å². The monoisotopic (exact) mass is 428 g/mol. The van der Waals surface area contributed by atoms with E-state index in [-0.39, 0.29) is 5.91 Å². The standard InChI is InChI=1S/C22H22Cl2N4O/c1-13(25)19(9-16-11-26-22-20(16)10-18(24)12-27-22)14(2)28-21(29)8-5-15-3-6-17(23)7-4-15/h3-4,6-7,10-12,25H,5,8-9H2,1-2H3,(H,26,27)(H,28,29)/b19-14-,25-13?. The molecular formula is C22H22Cl2N4O. The number of allylic oxidation sites excluding steroid dienone is 2. The fourth-order valence-corrected chi connectivity index (χ4v) is 3.46. The number of hydrogen-bond acceptors (Lipinski definition) is 3. The highest BCUT2D eigenvalue weighted by atomic mass is 35.5. The van der Waals surface area contributed by atoms with Crippen molar-refractivity contribution in [2.45, 2.75) is 33.1 Å². The second-order valence-corrected chi connectivity index (χ2v) is 7.82. The van der Waals surface area contributed by atoms with Crippen LogP contribution in [0.5, 0.6) is 0 Å². The Morgan fingerprint density at radius 2 is 1.90 bits per heavy atom. The lowest BCUT2D eigenvalue weighted by molar-refractivity contribution is -0.120. The summed E-state index contributed by atoms with van der Waals surface area (Å²) in [6.45, 7) is 3.55. The van der Waals surface area contributed by atoms with Crippen molar-refractivity contribution >= 4 is 45.9 Å². The van der Waals surface area contributed by atoms with Crippen molar-refractivity contribution in [3.8, 4) is 0 Å². The van der Waals surface area contributed by atoms with E-state index >= 15 is 0 Å². The largest absolute Gasteiger partial charge is 0.346 e. The van der Waals surface area contributed by atoms with E-state index in [9.17, 15) is 4.79 Å². The number of rotatable bonds is 7. The molecule has 1 aromatic carbocycles. The van der Waals surface area contributed by atoms with Gasteiger partial charge in [0.15, 0.2) is 0 Å². The number of nitrogens with one attached hydrogen (secondary N) is 3. The predicted molar refractivity (Wildman–Crippen MR) is 119 cm³/mol. The molecule has 2 aromatic heterocycles. The first-order valence-corrected chi connectivity index (χ1v) is 10.00. The van der Waals surface area contributed by atoms with Gasteiger partial charge in [-0.1, -0.05) is 35.3 Å². The van der Waals surface area contributed by atoms with E-state index in [0.29, 0.717) is 40.7 Å². The summed E-state index contributed by atoms with van der Waals surface area (Å²) in [5.41, 5.74) is 4.64. The van der Waals surface area contributed by atoms with Crippen LogP contribution in [-0.2, 0) is 17.6 Å². The Hall–Kier alpha value is -2.63. The molecule has 0 fully saturated rings. The zero-order chi connectivity index (χ0) is 21.0. The quantitative estimate of drug-likeness (QED) is 0.435. The number of carbonyl (C=O) groups excluding carboxylic acids is 1. The maximum absolute atomic E-state index is 12.4. The topological polar surface area (TPSA) is 81.6 Å². The zero-order valence-electron chi connectivity index (χ0n) is 16.3. The van der Waals surface area contributed by atoms with Crippen LogP contribution in [0.15, 0.2) is 54.0 Å². The van der Waals surface area contributed by atoms with Crippen molar-refractivity contribution in [1.29, 1.82) is 5.41 Å². The van der Waals surface area contributed by atoms with E-state index in [1.54, 1.807) is 13.1 Å². The van der Waals surface area contributed by atoms with Crippen molar-refractivity contribution in [2.24, 2.45) is 0 Å². The van der Waals surface area contributed by atoms with Crippen molar-refractivity contribution in [2.75, 3.05) is 0 Å². The van der Waals surface area contributed by atoms with Gasteiger partial charge < -0.3 is 15.7 Å². The molecule has 0 bridgehead atoms. The lowest BCUT2D eigenvalue weighted by atomic mass is 10.00. The summed E-state index contributed by atoms with van der Waals surface area (Å²) in [6.07, 6.45) is 4.94. The van der Waals surface area contributed by atoms with Crippen LogP contribution in [0.3, 0.4) is 0 Å². The third-order valence-corrected chi connectivity index (χ3v) is 5.20. The average Bonchev–Trinajstić information content (AvgIpc) is 3.07. The number of hydrogen-bond donors (Lipinski definition) is 3. The lowest BCUT2D eigenvalue weighted by Gasteiger charge is -2.13. The van der Waals surface area contributed by atoms with Gasteiger partial charge in [0, 0.05) is 47.1 Å². The first kappa shape index (κ1) is 21.1. The third kappa shape index (κ3) is 5.46. The van der Waals surface area contributed by atoms with E-state index in [1.807, 2.05) is 43.5 Å². The Morgan fingerprint density at radius 3 is 2.59 bits per heavy atom. The lowest BCUT2D eigenvalue weighted by Crippen LogP contribution is -2.24. The summed E-state index contributed by atoms with van der Waals surface area (Å²) in [4.78, 5) is 19.8. The first-order chi connectivity index (χ1) is 13.8. The van der Waals surface area contributed by atoms with Gasteiger partial charge in [-0.15, -0.1) is 0 Å². The first-order valence-electron chi connectivity index (χ1n) is 9.24. The highest BCUT2D eigenvalue weighted by Gasteiger charge is 2.13. The van der Waals surface area contributed by atoms with Gasteiger partial charge in [0.25, 0.3) is 0 Å². The Bertz CT molecular complexity index is 1080. The van der Waals surface area contributed by atoms with Gasteiger partial charge in [0.2, 0.25) is 5.91 Å². The number of pyridine rings is 1. The molecule has 0 aliphatic carbocycles. The maximum atomic E-state index is 12.4. The molecular weight excluding hydrogens is 407 g/mol. The predicted octanol–water partition coefficient (Wildman–Crippen LogP) is 5.47. The van der Waals surface area contributed by atoms with Crippen molar-refractivity contribution in [3.63, 3.8) is 0 Å². The number of halogens is 2. The smallest absolute Gasteiger partial charge is 0.224 e. The molecule has 0 atom stereocenters. The van der Waals surface area contributed by atoms with Gasteiger partial charge in [-0.3, -0.25) is 4.79 Å². The number of aromatic amines is 1. The fourth-order valence-electron chi connectivity index (χ4n) is 3.17.